The lowest BCUT2D eigenvalue weighted by Crippen LogP contribution is -2.14. The van der Waals surface area contributed by atoms with E-state index in [0.29, 0.717) is 5.69 Å². The van der Waals surface area contributed by atoms with E-state index in [9.17, 15) is 8.78 Å². The fraction of sp³-hybridized carbons (Fsp3) is 0.0909. The molecule has 3 N–H and O–H groups in total. The highest BCUT2D eigenvalue weighted by molar-refractivity contribution is 7.80. The van der Waals surface area contributed by atoms with Crippen molar-refractivity contribution in [1.82, 2.24) is 5.16 Å². The molecule has 0 fully saturated rings. The number of nitrogens with two attached hydrogens (primary N) is 1. The molecule has 1 aromatic carbocycles. The normalized spacial score (nSPS) is 10.3. The number of anilines is 1. The fourth-order valence-electron chi connectivity index (χ4n) is 1.39. The van der Waals surface area contributed by atoms with Gasteiger partial charge in [0.25, 0.3) is 0 Å². The van der Waals surface area contributed by atoms with Gasteiger partial charge in [0, 0.05) is 11.6 Å². The van der Waals surface area contributed by atoms with Crippen LogP contribution in [0.4, 0.5) is 14.5 Å². The molecule has 7 heteroatoms. The summed E-state index contributed by atoms with van der Waals surface area (Å²) in [5.41, 5.74) is 5.74. The van der Waals surface area contributed by atoms with E-state index in [1.807, 2.05) is 0 Å². The molecule has 2 rings (SSSR count). The number of hydrogen-bond donors (Lipinski definition) is 2. The van der Waals surface area contributed by atoms with E-state index in [-0.39, 0.29) is 22.8 Å². The molecule has 94 valence electrons. The van der Waals surface area contributed by atoms with Crippen molar-refractivity contribution in [2.45, 2.75) is 6.54 Å². The standard InChI is InChI=1S/C11H9F2N3OS/c12-9-7(11(14)18)1-2-8(10(9)13)15-5-6-3-4-17-16-6/h1-4,15H,5H2,(H2,14,18). The first-order valence-electron chi connectivity index (χ1n) is 5.00. The zero-order chi connectivity index (χ0) is 13.1. The molecule has 2 aromatic rings. The Bertz CT molecular complexity index is 572. The Balaban J connectivity index is 2.19. The van der Waals surface area contributed by atoms with Gasteiger partial charge in [0.2, 0.25) is 0 Å². The third kappa shape index (κ3) is 2.45. The van der Waals surface area contributed by atoms with Crippen LogP contribution >= 0.6 is 12.2 Å². The van der Waals surface area contributed by atoms with Crippen LogP contribution in [0.2, 0.25) is 0 Å². The van der Waals surface area contributed by atoms with E-state index >= 15 is 0 Å². The maximum absolute atomic E-state index is 13.7. The summed E-state index contributed by atoms with van der Waals surface area (Å²) in [7, 11) is 0. The number of aromatic nitrogens is 1. The highest BCUT2D eigenvalue weighted by Gasteiger charge is 2.14. The second kappa shape index (κ2) is 5.09. The van der Waals surface area contributed by atoms with Crippen LogP contribution in [0.15, 0.2) is 29.0 Å². The molecule has 0 bridgehead atoms. The molecule has 0 saturated heterocycles. The van der Waals surface area contributed by atoms with Crippen molar-refractivity contribution < 1.29 is 13.3 Å². The average molecular weight is 269 g/mol. The summed E-state index contributed by atoms with van der Waals surface area (Å²) in [6.45, 7) is 0.222. The molecule has 0 aliphatic carbocycles. The van der Waals surface area contributed by atoms with Crippen molar-refractivity contribution in [1.29, 1.82) is 0 Å². The lowest BCUT2D eigenvalue weighted by molar-refractivity contribution is 0.412. The summed E-state index contributed by atoms with van der Waals surface area (Å²) in [5.74, 6) is -2.09. The largest absolute Gasteiger partial charge is 0.389 e. The fourth-order valence-corrected chi connectivity index (χ4v) is 1.55. The third-order valence-corrected chi connectivity index (χ3v) is 2.52. The Hall–Kier alpha value is -2.02. The molecule has 0 saturated carbocycles. The van der Waals surface area contributed by atoms with Gasteiger partial charge in [-0.25, -0.2) is 8.78 Å². The number of benzene rings is 1. The Morgan fingerprint density at radius 2 is 2.11 bits per heavy atom. The lowest BCUT2D eigenvalue weighted by Gasteiger charge is -2.08. The van der Waals surface area contributed by atoms with Gasteiger partial charge < -0.3 is 15.6 Å². The number of thiocarbonyl (C=S) groups is 1. The predicted octanol–water partition coefficient (Wildman–Crippen LogP) is 2.20. The van der Waals surface area contributed by atoms with Crippen LogP contribution in [0, 0.1) is 11.6 Å². The zero-order valence-corrected chi connectivity index (χ0v) is 9.93. The Labute approximate surface area is 107 Å². The molecule has 0 unspecified atom stereocenters. The molecule has 0 aliphatic heterocycles. The molecular formula is C11H9F2N3OS. The highest BCUT2D eigenvalue weighted by atomic mass is 32.1. The van der Waals surface area contributed by atoms with Crippen LogP contribution in [0.25, 0.3) is 0 Å². The van der Waals surface area contributed by atoms with Crippen LogP contribution in [0.1, 0.15) is 11.3 Å². The first-order valence-corrected chi connectivity index (χ1v) is 5.41. The van der Waals surface area contributed by atoms with Gasteiger partial charge in [-0.15, -0.1) is 0 Å². The maximum Gasteiger partial charge on any atom is 0.182 e. The predicted molar refractivity (Wildman–Crippen MR) is 66.1 cm³/mol. The van der Waals surface area contributed by atoms with E-state index < -0.39 is 11.6 Å². The number of rotatable bonds is 4. The monoisotopic (exact) mass is 269 g/mol. The molecule has 0 amide bonds. The van der Waals surface area contributed by atoms with E-state index in [0.717, 1.165) is 0 Å². The number of halogens is 2. The smallest absolute Gasteiger partial charge is 0.182 e. The maximum atomic E-state index is 13.7. The SMILES string of the molecule is NC(=S)c1ccc(NCc2ccon2)c(F)c1F. The van der Waals surface area contributed by atoms with Crippen molar-refractivity contribution in [2.75, 3.05) is 5.32 Å². The van der Waals surface area contributed by atoms with Crippen LogP contribution in [-0.4, -0.2) is 10.1 Å². The van der Waals surface area contributed by atoms with Crippen molar-refractivity contribution in [3.8, 4) is 0 Å². The van der Waals surface area contributed by atoms with Crippen molar-refractivity contribution in [3.63, 3.8) is 0 Å². The second-order valence-corrected chi connectivity index (χ2v) is 3.94. The van der Waals surface area contributed by atoms with Crippen molar-refractivity contribution in [2.24, 2.45) is 5.73 Å². The van der Waals surface area contributed by atoms with Crippen LogP contribution < -0.4 is 11.1 Å². The van der Waals surface area contributed by atoms with E-state index in [2.05, 4.69) is 27.2 Å². The van der Waals surface area contributed by atoms with Gasteiger partial charge in [0.05, 0.1) is 12.2 Å². The first kappa shape index (κ1) is 12.4. The van der Waals surface area contributed by atoms with Gasteiger partial charge >= 0.3 is 0 Å². The molecule has 1 heterocycles. The van der Waals surface area contributed by atoms with Gasteiger partial charge in [-0.1, -0.05) is 17.4 Å². The minimum absolute atomic E-state index is 0.00972. The summed E-state index contributed by atoms with van der Waals surface area (Å²) in [6.07, 6.45) is 1.39. The lowest BCUT2D eigenvalue weighted by atomic mass is 10.1. The number of hydrogen-bond acceptors (Lipinski definition) is 4. The van der Waals surface area contributed by atoms with Crippen LogP contribution in [0.3, 0.4) is 0 Å². The van der Waals surface area contributed by atoms with Gasteiger partial charge in [0.1, 0.15) is 16.9 Å². The molecule has 0 atom stereocenters. The van der Waals surface area contributed by atoms with Gasteiger partial charge in [-0.05, 0) is 12.1 Å². The molecule has 0 radical (unpaired) electrons. The molecular weight excluding hydrogens is 260 g/mol. The summed E-state index contributed by atoms with van der Waals surface area (Å²) in [4.78, 5) is -0.186. The van der Waals surface area contributed by atoms with E-state index in [1.165, 1.54) is 18.4 Å². The summed E-state index contributed by atoms with van der Waals surface area (Å²) in [6, 6.07) is 4.31. The number of nitrogens with one attached hydrogen (secondary N) is 1. The van der Waals surface area contributed by atoms with Gasteiger partial charge in [0.15, 0.2) is 11.6 Å². The molecule has 0 spiro atoms. The molecule has 0 aliphatic rings. The topological polar surface area (TPSA) is 64.1 Å². The van der Waals surface area contributed by atoms with Crippen LogP contribution in [0.5, 0.6) is 0 Å². The molecule has 18 heavy (non-hydrogen) atoms. The quantitative estimate of drug-likeness (QED) is 0.833. The Kier molecular flexibility index (Phi) is 3.52. The summed E-state index contributed by atoms with van der Waals surface area (Å²) in [5, 5.41) is 6.34. The minimum atomic E-state index is -1.06. The summed E-state index contributed by atoms with van der Waals surface area (Å²) >= 11 is 4.61. The first-order chi connectivity index (χ1) is 8.59. The Morgan fingerprint density at radius 1 is 1.33 bits per heavy atom. The van der Waals surface area contributed by atoms with Crippen LogP contribution in [-0.2, 0) is 6.54 Å². The average Bonchev–Trinajstić information content (AvgIpc) is 2.83. The van der Waals surface area contributed by atoms with Crippen molar-refractivity contribution >= 4 is 22.9 Å². The van der Waals surface area contributed by atoms with Crippen molar-refractivity contribution in [3.05, 3.63) is 47.4 Å². The van der Waals surface area contributed by atoms with E-state index in [1.54, 1.807) is 6.07 Å². The summed E-state index contributed by atoms with van der Waals surface area (Å²) < 4.78 is 31.8. The van der Waals surface area contributed by atoms with Gasteiger partial charge in [-0.2, -0.15) is 0 Å². The molecule has 1 aromatic heterocycles. The number of nitrogens with zero attached hydrogens (tertiary/aromatic N) is 1. The molecule has 4 nitrogen and oxygen atoms in total. The van der Waals surface area contributed by atoms with Gasteiger partial charge in [-0.3, -0.25) is 0 Å². The second-order valence-electron chi connectivity index (χ2n) is 3.50. The highest BCUT2D eigenvalue weighted by Crippen LogP contribution is 2.21. The minimum Gasteiger partial charge on any atom is -0.389 e. The zero-order valence-electron chi connectivity index (χ0n) is 9.11. The van der Waals surface area contributed by atoms with E-state index in [4.69, 9.17) is 5.73 Å². The Morgan fingerprint density at radius 3 is 2.72 bits per heavy atom. The third-order valence-electron chi connectivity index (χ3n) is 2.30.